The van der Waals surface area contributed by atoms with E-state index in [-0.39, 0.29) is 29.4 Å². The maximum atomic E-state index is 11.9. The molecule has 158 valence electrons. The van der Waals surface area contributed by atoms with E-state index in [1.165, 1.54) is 6.08 Å². The van der Waals surface area contributed by atoms with Gasteiger partial charge >= 0.3 is 0 Å². The third kappa shape index (κ3) is 4.58. The van der Waals surface area contributed by atoms with Crippen molar-refractivity contribution in [2.45, 2.75) is 18.9 Å². The van der Waals surface area contributed by atoms with E-state index in [1.54, 1.807) is 11.1 Å². The summed E-state index contributed by atoms with van der Waals surface area (Å²) in [4.78, 5) is 34.2. The van der Waals surface area contributed by atoms with Gasteiger partial charge in [0, 0.05) is 36.4 Å². The molecule has 10 heteroatoms. The van der Waals surface area contributed by atoms with Gasteiger partial charge in [-0.1, -0.05) is 12.6 Å². The Morgan fingerprint density at radius 1 is 1.26 bits per heavy atom. The fraction of sp³-hybridized carbons (Fsp3) is 0.238. The standard InChI is InChI=1S/C21H22N8O2/c1-2-17(30)29-10-4-6-15(12-29)25-21-26-20(18(19(22)31)27-28-21)24-14-7-8-16-13(11-14)5-3-9-23-16/h2-3,5,7-9,11,15H,1,4,6,10,12H2,(H2,22,31)(H2,24,25,26,28)/t15-/m1/s1. The van der Waals surface area contributed by atoms with E-state index < -0.39 is 5.91 Å². The number of amides is 2. The molecule has 2 aromatic heterocycles. The number of nitrogens with zero attached hydrogens (tertiary/aromatic N) is 5. The topological polar surface area (TPSA) is 139 Å². The summed E-state index contributed by atoms with van der Waals surface area (Å²) in [5.41, 5.74) is 6.94. The molecule has 1 saturated heterocycles. The van der Waals surface area contributed by atoms with E-state index in [0.29, 0.717) is 18.8 Å². The van der Waals surface area contributed by atoms with Crippen molar-refractivity contribution in [2.75, 3.05) is 23.7 Å². The molecule has 31 heavy (non-hydrogen) atoms. The molecule has 4 N–H and O–H groups in total. The molecular weight excluding hydrogens is 396 g/mol. The highest BCUT2D eigenvalue weighted by Crippen LogP contribution is 2.23. The minimum Gasteiger partial charge on any atom is -0.364 e. The molecule has 1 aromatic carbocycles. The molecule has 3 aromatic rings. The van der Waals surface area contributed by atoms with Crippen LogP contribution in [-0.4, -0.2) is 56.0 Å². The van der Waals surface area contributed by atoms with Crippen LogP contribution in [0, 0.1) is 0 Å². The summed E-state index contributed by atoms with van der Waals surface area (Å²) in [6.45, 7) is 4.73. The van der Waals surface area contributed by atoms with Crippen molar-refractivity contribution in [2.24, 2.45) is 5.73 Å². The molecule has 1 aliphatic rings. The van der Waals surface area contributed by atoms with Crippen molar-refractivity contribution in [3.8, 4) is 0 Å². The molecule has 2 amide bonds. The molecule has 1 aliphatic heterocycles. The highest BCUT2D eigenvalue weighted by Gasteiger charge is 2.23. The van der Waals surface area contributed by atoms with Gasteiger partial charge in [0.1, 0.15) is 0 Å². The van der Waals surface area contributed by atoms with Crippen LogP contribution in [0.2, 0.25) is 0 Å². The van der Waals surface area contributed by atoms with Gasteiger partial charge in [0.2, 0.25) is 11.9 Å². The van der Waals surface area contributed by atoms with Gasteiger partial charge in [0.05, 0.1) is 5.52 Å². The Bertz CT molecular complexity index is 1150. The minimum atomic E-state index is -0.739. The van der Waals surface area contributed by atoms with E-state index in [0.717, 1.165) is 23.7 Å². The number of primary amides is 1. The molecule has 0 unspecified atom stereocenters. The molecule has 1 atom stereocenters. The van der Waals surface area contributed by atoms with Gasteiger partial charge in [0.25, 0.3) is 5.91 Å². The average Bonchev–Trinajstić information content (AvgIpc) is 2.78. The second-order valence-electron chi connectivity index (χ2n) is 7.20. The fourth-order valence-corrected chi connectivity index (χ4v) is 3.54. The summed E-state index contributed by atoms with van der Waals surface area (Å²) >= 11 is 0. The predicted octanol–water partition coefficient (Wildman–Crippen LogP) is 1.85. The summed E-state index contributed by atoms with van der Waals surface area (Å²) in [7, 11) is 0. The van der Waals surface area contributed by atoms with Crippen LogP contribution in [0.1, 0.15) is 23.3 Å². The Morgan fingerprint density at radius 3 is 2.94 bits per heavy atom. The molecular formula is C21H22N8O2. The Balaban J connectivity index is 1.56. The number of aromatic nitrogens is 4. The minimum absolute atomic E-state index is 0.0431. The Labute approximate surface area is 178 Å². The first-order valence-electron chi connectivity index (χ1n) is 9.87. The number of nitrogens with two attached hydrogens (primary N) is 1. The number of piperidine rings is 1. The zero-order chi connectivity index (χ0) is 21.8. The number of benzene rings is 1. The lowest BCUT2D eigenvalue weighted by Crippen LogP contribution is -2.44. The average molecular weight is 418 g/mol. The second kappa shape index (κ2) is 8.74. The summed E-state index contributed by atoms with van der Waals surface area (Å²) in [5, 5.41) is 15.2. The normalized spacial score (nSPS) is 16.0. The molecule has 0 saturated carbocycles. The Morgan fingerprint density at radius 2 is 2.13 bits per heavy atom. The highest BCUT2D eigenvalue weighted by molar-refractivity contribution is 5.96. The van der Waals surface area contributed by atoms with Gasteiger partial charge in [-0.2, -0.15) is 4.98 Å². The van der Waals surface area contributed by atoms with E-state index in [1.807, 2.05) is 30.3 Å². The van der Waals surface area contributed by atoms with Gasteiger partial charge in [-0.15, -0.1) is 10.2 Å². The number of anilines is 3. The smallest absolute Gasteiger partial charge is 0.273 e. The SMILES string of the molecule is C=CC(=O)N1CCC[C@@H](Nc2nnc(C(N)=O)c(Nc3ccc4ncccc4c3)n2)C1. The third-order valence-corrected chi connectivity index (χ3v) is 5.03. The van der Waals surface area contributed by atoms with Gasteiger partial charge < -0.3 is 21.3 Å². The molecule has 0 bridgehead atoms. The van der Waals surface area contributed by atoms with Crippen LogP contribution in [0.25, 0.3) is 10.9 Å². The maximum Gasteiger partial charge on any atom is 0.273 e. The molecule has 10 nitrogen and oxygen atoms in total. The van der Waals surface area contributed by atoms with E-state index in [4.69, 9.17) is 5.73 Å². The second-order valence-corrected chi connectivity index (χ2v) is 7.20. The van der Waals surface area contributed by atoms with Gasteiger partial charge in [-0.25, -0.2) is 0 Å². The first-order chi connectivity index (χ1) is 15.0. The highest BCUT2D eigenvalue weighted by atomic mass is 16.2. The number of rotatable bonds is 6. The van der Waals surface area contributed by atoms with Crippen LogP contribution in [0.15, 0.2) is 49.2 Å². The third-order valence-electron chi connectivity index (χ3n) is 5.03. The molecule has 4 rings (SSSR count). The van der Waals surface area contributed by atoms with Crippen LogP contribution in [0.4, 0.5) is 17.5 Å². The van der Waals surface area contributed by atoms with Crippen LogP contribution < -0.4 is 16.4 Å². The molecule has 0 radical (unpaired) electrons. The van der Waals surface area contributed by atoms with E-state index in [2.05, 4.69) is 37.4 Å². The van der Waals surface area contributed by atoms with E-state index >= 15 is 0 Å². The lowest BCUT2D eigenvalue weighted by atomic mass is 10.1. The number of carbonyl (C=O) groups is 2. The van der Waals surface area contributed by atoms with Crippen molar-refractivity contribution in [1.29, 1.82) is 0 Å². The van der Waals surface area contributed by atoms with Crippen molar-refractivity contribution in [1.82, 2.24) is 25.1 Å². The van der Waals surface area contributed by atoms with E-state index in [9.17, 15) is 9.59 Å². The molecule has 0 aliphatic carbocycles. The van der Waals surface area contributed by atoms with Crippen molar-refractivity contribution in [3.63, 3.8) is 0 Å². The first-order valence-corrected chi connectivity index (χ1v) is 9.87. The fourth-order valence-electron chi connectivity index (χ4n) is 3.54. The molecule has 0 spiro atoms. The number of nitrogens with one attached hydrogen (secondary N) is 2. The van der Waals surface area contributed by atoms with Crippen LogP contribution in [0.3, 0.4) is 0 Å². The predicted molar refractivity (Wildman–Crippen MR) is 117 cm³/mol. The number of likely N-dealkylation sites (tertiary alicyclic amines) is 1. The maximum absolute atomic E-state index is 11.9. The van der Waals surface area contributed by atoms with Crippen LogP contribution in [-0.2, 0) is 4.79 Å². The van der Waals surface area contributed by atoms with Gasteiger partial charge in [-0.3, -0.25) is 14.6 Å². The summed E-state index contributed by atoms with van der Waals surface area (Å²) in [5.74, 6) is -0.407. The lowest BCUT2D eigenvalue weighted by Gasteiger charge is -2.32. The Hall–Kier alpha value is -4.08. The number of fused-ring (bicyclic) bond motifs is 1. The number of hydrogen-bond acceptors (Lipinski definition) is 8. The molecule has 3 heterocycles. The first kappa shape index (κ1) is 20.2. The molecule has 1 fully saturated rings. The van der Waals surface area contributed by atoms with Gasteiger partial charge in [0.15, 0.2) is 11.5 Å². The summed E-state index contributed by atoms with van der Waals surface area (Å²) < 4.78 is 0. The quantitative estimate of drug-likeness (QED) is 0.516. The zero-order valence-corrected chi connectivity index (χ0v) is 16.8. The summed E-state index contributed by atoms with van der Waals surface area (Å²) in [6, 6.07) is 9.32. The lowest BCUT2D eigenvalue weighted by molar-refractivity contribution is -0.127. The zero-order valence-electron chi connectivity index (χ0n) is 16.8. The van der Waals surface area contributed by atoms with Crippen LogP contribution in [0.5, 0.6) is 0 Å². The summed E-state index contributed by atoms with van der Waals surface area (Å²) in [6.07, 6.45) is 4.73. The van der Waals surface area contributed by atoms with Crippen molar-refractivity contribution < 1.29 is 9.59 Å². The van der Waals surface area contributed by atoms with Crippen molar-refractivity contribution in [3.05, 3.63) is 54.9 Å². The van der Waals surface area contributed by atoms with Crippen LogP contribution >= 0.6 is 0 Å². The van der Waals surface area contributed by atoms with Gasteiger partial charge in [-0.05, 0) is 43.2 Å². The Kier molecular flexibility index (Phi) is 5.69. The number of carbonyl (C=O) groups excluding carboxylic acids is 2. The van der Waals surface area contributed by atoms with Crippen molar-refractivity contribution >= 4 is 40.2 Å². The number of hydrogen-bond donors (Lipinski definition) is 3. The number of pyridine rings is 1. The largest absolute Gasteiger partial charge is 0.364 e. The monoisotopic (exact) mass is 418 g/mol.